The molecule has 0 aromatic carbocycles. The van der Waals surface area contributed by atoms with Crippen LogP contribution in [0, 0.1) is 0 Å². The molecule has 0 aliphatic heterocycles. The Morgan fingerprint density at radius 1 is 0.933 bits per heavy atom. The van der Waals surface area contributed by atoms with Crippen molar-refractivity contribution in [3.05, 3.63) is 45.5 Å². The van der Waals surface area contributed by atoms with Gasteiger partial charge in [-0.25, -0.2) is 0 Å². The molecule has 0 aromatic rings. The van der Waals surface area contributed by atoms with E-state index in [1.54, 1.807) is 0 Å². The molecule has 0 fully saturated rings. The van der Waals surface area contributed by atoms with Gasteiger partial charge in [0, 0.05) is 0 Å². The summed E-state index contributed by atoms with van der Waals surface area (Å²) in [6.07, 6.45) is 0. The molecule has 0 bridgehead atoms. The Morgan fingerprint density at radius 3 is 1.53 bits per heavy atom. The van der Waals surface area contributed by atoms with Crippen molar-refractivity contribution in [2.45, 2.75) is 39.0 Å². The van der Waals surface area contributed by atoms with Crippen LogP contribution in [-0.2, 0) is 13.7 Å². The van der Waals surface area contributed by atoms with Gasteiger partial charge in [0.2, 0.25) is 0 Å². The Balaban J connectivity index is 3.38. The maximum absolute atomic E-state index is 3.95. The van der Waals surface area contributed by atoms with Gasteiger partial charge in [-0.1, -0.05) is 0 Å². The van der Waals surface area contributed by atoms with Gasteiger partial charge in [-0.3, -0.25) is 0 Å². The predicted octanol–water partition coefficient (Wildman–Crippen LogP) is 4.76. The molecule has 0 unspecified atom stereocenters. The standard InChI is InChI=1S/C10H15.2C2H3.Co/c1-6-7(2)9(4)10(5)8(6)3;2*1-2;/h1-5H3;2*1H,2H2;. The summed E-state index contributed by atoms with van der Waals surface area (Å²) in [4.78, 5) is 0. The molecule has 86 valence electrons. The van der Waals surface area contributed by atoms with E-state index < -0.39 is 0 Å². The second-order valence-electron chi connectivity index (χ2n) is 4.03. The molecular weight excluding hydrogens is 227 g/mol. The number of rotatable bonds is 3. The topological polar surface area (TPSA) is 0 Å². The molecule has 1 aliphatic rings. The molecule has 1 aliphatic carbocycles. The molecule has 0 saturated carbocycles. The second-order valence-corrected chi connectivity index (χ2v) is 6.87. The van der Waals surface area contributed by atoms with E-state index in [0.29, 0.717) is 0 Å². The van der Waals surface area contributed by atoms with Crippen LogP contribution in [0.5, 0.6) is 0 Å². The van der Waals surface area contributed by atoms with Gasteiger partial charge in [0.25, 0.3) is 0 Å². The molecule has 0 heterocycles. The van der Waals surface area contributed by atoms with E-state index in [9.17, 15) is 0 Å². The summed E-state index contributed by atoms with van der Waals surface area (Å²) in [7, 11) is 0. The molecule has 0 aromatic heterocycles. The molecule has 0 N–H and O–H groups in total. The second kappa shape index (κ2) is 4.15. The normalized spacial score (nSPS) is 20.7. The first-order valence-corrected chi connectivity index (χ1v) is 6.84. The number of hydrogen-bond acceptors (Lipinski definition) is 0. The Bertz CT molecular complexity index is 337. The van der Waals surface area contributed by atoms with E-state index >= 15 is 0 Å². The zero-order chi connectivity index (χ0) is 11.8. The Labute approximate surface area is 98.2 Å². The van der Waals surface area contributed by atoms with Crippen LogP contribution in [0.15, 0.2) is 45.5 Å². The fraction of sp³-hybridized carbons (Fsp3) is 0.429. The molecule has 1 heteroatoms. The van der Waals surface area contributed by atoms with Crippen LogP contribution in [-0.4, -0.2) is 0 Å². The van der Waals surface area contributed by atoms with Crippen molar-refractivity contribution >= 4 is 0 Å². The van der Waals surface area contributed by atoms with E-state index in [1.807, 2.05) is 0 Å². The van der Waals surface area contributed by atoms with Crippen molar-refractivity contribution in [3.8, 4) is 0 Å². The first-order chi connectivity index (χ1) is 6.91. The van der Waals surface area contributed by atoms with Crippen molar-refractivity contribution in [2.24, 2.45) is 0 Å². The summed E-state index contributed by atoms with van der Waals surface area (Å²) >= 11 is -0.335. The first-order valence-electron chi connectivity index (χ1n) is 5.12. The number of allylic oxidation sites excluding steroid dienone is 4. The minimum atomic E-state index is -0.335. The van der Waals surface area contributed by atoms with E-state index in [-0.39, 0.29) is 18.0 Å². The third kappa shape index (κ3) is 1.58. The van der Waals surface area contributed by atoms with Crippen molar-refractivity contribution in [1.29, 1.82) is 0 Å². The molecule has 1 rings (SSSR count). The van der Waals surface area contributed by atoms with Crippen LogP contribution < -0.4 is 0 Å². The monoisotopic (exact) mass is 248 g/mol. The third-order valence-electron chi connectivity index (χ3n) is 3.74. The van der Waals surface area contributed by atoms with Gasteiger partial charge in [0.15, 0.2) is 0 Å². The fourth-order valence-electron chi connectivity index (χ4n) is 2.15. The quantitative estimate of drug-likeness (QED) is 0.675. The van der Waals surface area contributed by atoms with Crippen molar-refractivity contribution < 1.29 is 13.7 Å². The predicted molar refractivity (Wildman–Crippen MR) is 65.5 cm³/mol. The van der Waals surface area contributed by atoms with Gasteiger partial charge in [-0.2, -0.15) is 0 Å². The molecule has 0 radical (unpaired) electrons. The van der Waals surface area contributed by atoms with Crippen LogP contribution in [0.25, 0.3) is 0 Å². The van der Waals surface area contributed by atoms with Crippen LogP contribution in [0.4, 0.5) is 0 Å². The van der Waals surface area contributed by atoms with Crippen molar-refractivity contribution in [3.63, 3.8) is 0 Å². The summed E-state index contributed by atoms with van der Waals surface area (Å²) in [6.45, 7) is 19.2. The Morgan fingerprint density at radius 2 is 1.27 bits per heavy atom. The summed E-state index contributed by atoms with van der Waals surface area (Å²) in [5.41, 5.74) is 5.88. The molecule has 0 saturated heterocycles. The SMILES string of the molecule is C=[CH][Co]([CH]=C)[C]1(C)C(C)=C(C)C(C)=C1C. The van der Waals surface area contributed by atoms with E-state index in [4.69, 9.17) is 0 Å². The average molecular weight is 248 g/mol. The molecule has 0 amide bonds. The van der Waals surface area contributed by atoms with E-state index in [1.165, 1.54) is 22.3 Å². The van der Waals surface area contributed by atoms with Gasteiger partial charge in [-0.05, 0) is 0 Å². The number of hydrogen-bond donors (Lipinski definition) is 0. The zero-order valence-corrected chi connectivity index (χ0v) is 11.4. The van der Waals surface area contributed by atoms with Crippen LogP contribution >= 0.6 is 0 Å². The van der Waals surface area contributed by atoms with Crippen molar-refractivity contribution in [2.75, 3.05) is 0 Å². The maximum atomic E-state index is 3.95. The van der Waals surface area contributed by atoms with Crippen LogP contribution in [0.2, 0.25) is 4.35 Å². The van der Waals surface area contributed by atoms with Gasteiger partial charge >= 0.3 is 98.1 Å². The Hall–Kier alpha value is -0.534. The minimum absolute atomic E-state index is 0.157. The summed E-state index contributed by atoms with van der Waals surface area (Å²) in [5.74, 6) is 0. The van der Waals surface area contributed by atoms with Crippen LogP contribution in [0.3, 0.4) is 0 Å². The van der Waals surface area contributed by atoms with E-state index in [0.717, 1.165) is 0 Å². The third-order valence-corrected chi connectivity index (χ3v) is 6.64. The van der Waals surface area contributed by atoms with E-state index in [2.05, 4.69) is 57.8 Å². The molecule has 0 nitrogen and oxygen atoms in total. The average Bonchev–Trinajstić information content (AvgIpc) is 2.37. The summed E-state index contributed by atoms with van der Waals surface area (Å²) in [6, 6.07) is 0. The first kappa shape index (κ1) is 12.5. The van der Waals surface area contributed by atoms with Crippen LogP contribution in [0.1, 0.15) is 34.6 Å². The fourth-order valence-corrected chi connectivity index (χ4v) is 4.46. The zero-order valence-electron chi connectivity index (χ0n) is 10.4. The van der Waals surface area contributed by atoms with Gasteiger partial charge in [-0.15, -0.1) is 0 Å². The Kier molecular flexibility index (Phi) is 3.47. The van der Waals surface area contributed by atoms with Gasteiger partial charge in [0.1, 0.15) is 0 Å². The molecule has 0 spiro atoms. The van der Waals surface area contributed by atoms with Gasteiger partial charge < -0.3 is 0 Å². The molecule has 0 atom stereocenters. The van der Waals surface area contributed by atoms with Gasteiger partial charge in [0.05, 0.1) is 0 Å². The molecular formula is C14H21Co. The summed E-state index contributed by atoms with van der Waals surface area (Å²) < 4.78 is 0.157. The molecule has 15 heavy (non-hydrogen) atoms. The van der Waals surface area contributed by atoms with Crippen molar-refractivity contribution in [1.82, 2.24) is 0 Å². The summed E-state index contributed by atoms with van der Waals surface area (Å²) in [5, 5.41) is 4.14.